The summed E-state index contributed by atoms with van der Waals surface area (Å²) in [7, 11) is -0.994. The van der Waals surface area contributed by atoms with E-state index in [0.717, 1.165) is 16.4 Å². The van der Waals surface area contributed by atoms with Crippen molar-refractivity contribution in [1.29, 1.82) is 0 Å². The van der Waals surface area contributed by atoms with E-state index < -0.39 is 27.7 Å². The Balaban J connectivity index is 2.32. The highest BCUT2D eigenvalue weighted by atomic mass is 32.2. The lowest BCUT2D eigenvalue weighted by molar-refractivity contribution is 0.100. The van der Waals surface area contributed by atoms with Crippen molar-refractivity contribution in [2.24, 2.45) is 5.73 Å². The number of halogens is 1. The van der Waals surface area contributed by atoms with E-state index in [4.69, 9.17) is 10.5 Å². The minimum absolute atomic E-state index is 0.0652. The molecule has 0 bridgehead atoms. The summed E-state index contributed by atoms with van der Waals surface area (Å²) in [5, 5.41) is 2.30. The minimum atomic E-state index is -3.90. The summed E-state index contributed by atoms with van der Waals surface area (Å²) in [6, 6.07) is 6.39. The zero-order valence-electron chi connectivity index (χ0n) is 15.3. The van der Waals surface area contributed by atoms with Gasteiger partial charge in [0.15, 0.2) is 0 Å². The molecular weight excluding hydrogens is 409 g/mol. The van der Waals surface area contributed by atoms with Crippen LogP contribution in [0.2, 0.25) is 0 Å². The fourth-order valence-electron chi connectivity index (χ4n) is 2.29. The second kappa shape index (κ2) is 9.24. The van der Waals surface area contributed by atoms with Crippen molar-refractivity contribution in [3.05, 3.63) is 47.3 Å². The van der Waals surface area contributed by atoms with Crippen LogP contribution in [0.15, 0.2) is 34.5 Å². The molecule has 11 heteroatoms. The number of nitrogens with two attached hydrogens (primary N) is 1. The summed E-state index contributed by atoms with van der Waals surface area (Å²) in [5.41, 5.74) is 4.90. The predicted octanol–water partition coefficient (Wildman–Crippen LogP) is 1.90. The molecule has 3 N–H and O–H groups in total. The van der Waals surface area contributed by atoms with Gasteiger partial charge >= 0.3 is 0 Å². The number of primary amides is 1. The molecule has 0 aliphatic carbocycles. The van der Waals surface area contributed by atoms with Gasteiger partial charge in [-0.1, -0.05) is 12.1 Å². The lowest BCUT2D eigenvalue weighted by Crippen LogP contribution is -2.28. The second-order valence-electron chi connectivity index (χ2n) is 5.78. The number of ether oxygens (including phenoxy) is 1. The van der Waals surface area contributed by atoms with E-state index in [2.05, 4.69) is 5.32 Å². The van der Waals surface area contributed by atoms with Crippen molar-refractivity contribution in [2.45, 2.75) is 10.6 Å². The molecule has 0 radical (unpaired) electrons. The number of sulfonamides is 1. The quantitative estimate of drug-likeness (QED) is 0.590. The Labute approximate surface area is 166 Å². The van der Waals surface area contributed by atoms with E-state index in [9.17, 15) is 22.4 Å². The first-order valence-corrected chi connectivity index (χ1v) is 10.4. The van der Waals surface area contributed by atoms with Gasteiger partial charge in [-0.15, -0.1) is 11.3 Å². The molecule has 0 fully saturated rings. The minimum Gasteiger partial charge on any atom is -0.385 e. The van der Waals surface area contributed by atoms with Crippen LogP contribution in [0.4, 0.5) is 9.39 Å². The van der Waals surface area contributed by atoms with Crippen LogP contribution in [0.25, 0.3) is 0 Å². The van der Waals surface area contributed by atoms with Crippen LogP contribution in [0.5, 0.6) is 0 Å². The number of rotatable bonds is 9. The molecule has 1 aromatic heterocycles. The van der Waals surface area contributed by atoms with Gasteiger partial charge in [0.1, 0.15) is 15.0 Å². The number of amides is 2. The fourth-order valence-corrected chi connectivity index (χ4v) is 5.08. The van der Waals surface area contributed by atoms with Gasteiger partial charge in [0.05, 0.1) is 11.1 Å². The molecule has 0 spiro atoms. The summed E-state index contributed by atoms with van der Waals surface area (Å²) in [6.45, 7) is 0.595. The topological polar surface area (TPSA) is 119 Å². The largest absolute Gasteiger partial charge is 0.385 e. The van der Waals surface area contributed by atoms with Gasteiger partial charge in [0.25, 0.3) is 21.8 Å². The van der Waals surface area contributed by atoms with E-state index >= 15 is 0 Å². The third-order valence-corrected chi connectivity index (χ3v) is 7.16. The number of nitrogens with one attached hydrogen (secondary N) is 1. The van der Waals surface area contributed by atoms with E-state index in [1.54, 1.807) is 0 Å². The molecule has 2 aromatic rings. The van der Waals surface area contributed by atoms with Gasteiger partial charge in [0.2, 0.25) is 0 Å². The smallest absolute Gasteiger partial charge is 0.259 e. The number of nitrogens with zero attached hydrogens (tertiary/aromatic N) is 1. The Morgan fingerprint density at radius 3 is 2.57 bits per heavy atom. The number of anilines is 1. The summed E-state index contributed by atoms with van der Waals surface area (Å²) in [4.78, 5) is 24.0. The molecule has 1 heterocycles. The van der Waals surface area contributed by atoms with E-state index in [1.807, 2.05) is 0 Å². The summed E-state index contributed by atoms with van der Waals surface area (Å²) in [6.07, 6.45) is 0.483. The lowest BCUT2D eigenvalue weighted by Gasteiger charge is -2.15. The van der Waals surface area contributed by atoms with Crippen LogP contribution >= 0.6 is 11.3 Å². The molecule has 152 valence electrons. The zero-order valence-corrected chi connectivity index (χ0v) is 16.9. The van der Waals surface area contributed by atoms with Gasteiger partial charge in [-0.3, -0.25) is 9.59 Å². The number of hydrogen-bond donors (Lipinski definition) is 2. The Hall–Kier alpha value is -2.34. The van der Waals surface area contributed by atoms with Crippen LogP contribution in [-0.2, 0) is 14.8 Å². The molecule has 8 nitrogen and oxygen atoms in total. The maximum Gasteiger partial charge on any atom is 0.259 e. The average Bonchev–Trinajstić information content (AvgIpc) is 3.07. The van der Waals surface area contributed by atoms with Crippen molar-refractivity contribution in [3.63, 3.8) is 0 Å². The Morgan fingerprint density at radius 2 is 1.96 bits per heavy atom. The van der Waals surface area contributed by atoms with Crippen LogP contribution in [0, 0.1) is 5.82 Å². The highest BCUT2D eigenvalue weighted by Crippen LogP contribution is 2.33. The molecule has 28 heavy (non-hydrogen) atoms. The van der Waals surface area contributed by atoms with Gasteiger partial charge in [0, 0.05) is 27.3 Å². The van der Waals surface area contributed by atoms with Crippen LogP contribution < -0.4 is 11.1 Å². The molecule has 1 aromatic carbocycles. The Kier molecular flexibility index (Phi) is 7.24. The summed E-state index contributed by atoms with van der Waals surface area (Å²) >= 11 is 0.675. The van der Waals surface area contributed by atoms with Crippen molar-refractivity contribution < 1.29 is 27.1 Å². The molecule has 0 saturated heterocycles. The highest BCUT2D eigenvalue weighted by molar-refractivity contribution is 7.91. The average molecular weight is 429 g/mol. The molecule has 0 aliphatic rings. The first-order valence-electron chi connectivity index (χ1n) is 8.13. The van der Waals surface area contributed by atoms with Crippen LogP contribution in [0.3, 0.4) is 0 Å². The summed E-state index contributed by atoms with van der Waals surface area (Å²) in [5.74, 6) is -2.48. The van der Waals surface area contributed by atoms with Crippen molar-refractivity contribution in [3.8, 4) is 0 Å². The number of benzene rings is 1. The molecule has 0 atom stereocenters. The number of carbonyl (C=O) groups excluding carboxylic acids is 2. The van der Waals surface area contributed by atoms with E-state index in [0.29, 0.717) is 24.4 Å². The highest BCUT2D eigenvalue weighted by Gasteiger charge is 2.27. The molecule has 0 unspecified atom stereocenters. The normalized spacial score (nSPS) is 11.6. The second-order valence-corrected chi connectivity index (χ2v) is 9.10. The van der Waals surface area contributed by atoms with Crippen LogP contribution in [-0.4, -0.2) is 51.8 Å². The molecular formula is C17H20FN3O5S2. The van der Waals surface area contributed by atoms with Gasteiger partial charge in [-0.05, 0) is 24.6 Å². The monoisotopic (exact) mass is 429 g/mol. The van der Waals surface area contributed by atoms with Crippen molar-refractivity contribution in [1.82, 2.24) is 4.31 Å². The zero-order chi connectivity index (χ0) is 20.9. The standard InChI is InChI=1S/C17H20FN3O5S2/c1-21(8-5-9-26-2)28(24,25)14-10-12(15(19)22)17(27-14)20-16(23)11-6-3-4-7-13(11)18/h3-4,6-7,10H,5,8-9H2,1-2H3,(H2,19,22)(H,20,23). The van der Waals surface area contributed by atoms with Gasteiger partial charge in [-0.25, -0.2) is 17.1 Å². The maximum atomic E-state index is 13.8. The number of thiophene rings is 1. The van der Waals surface area contributed by atoms with Crippen molar-refractivity contribution in [2.75, 3.05) is 32.6 Å². The van der Waals surface area contributed by atoms with E-state index in [-0.39, 0.29) is 26.9 Å². The first-order chi connectivity index (χ1) is 13.2. The Morgan fingerprint density at radius 1 is 1.29 bits per heavy atom. The van der Waals surface area contributed by atoms with Gasteiger partial charge in [-0.2, -0.15) is 0 Å². The molecule has 0 saturated carbocycles. The predicted molar refractivity (Wildman–Crippen MR) is 103 cm³/mol. The molecule has 2 rings (SSSR count). The maximum absolute atomic E-state index is 13.8. The third kappa shape index (κ3) is 4.93. The first kappa shape index (κ1) is 22.0. The van der Waals surface area contributed by atoms with Crippen molar-refractivity contribution >= 4 is 38.2 Å². The SMILES string of the molecule is COCCCN(C)S(=O)(=O)c1cc(C(N)=O)c(NC(=O)c2ccccc2F)s1. The number of carbonyl (C=O) groups is 2. The van der Waals surface area contributed by atoms with E-state index in [1.165, 1.54) is 32.4 Å². The molecule has 2 amide bonds. The number of hydrogen-bond acceptors (Lipinski definition) is 6. The van der Waals surface area contributed by atoms with Crippen LogP contribution in [0.1, 0.15) is 27.1 Å². The third-order valence-electron chi connectivity index (χ3n) is 3.81. The van der Waals surface area contributed by atoms with Gasteiger partial charge < -0.3 is 15.8 Å². The Bertz CT molecular complexity index is 975. The number of methoxy groups -OCH3 is 1. The molecule has 0 aliphatic heterocycles. The summed E-state index contributed by atoms with van der Waals surface area (Å²) < 4.78 is 45.0. The fraction of sp³-hybridized carbons (Fsp3) is 0.294. The lowest BCUT2D eigenvalue weighted by atomic mass is 10.2.